The summed E-state index contributed by atoms with van der Waals surface area (Å²) in [5, 5.41) is 5.53. The number of pyridine rings is 1. The molecule has 2 heterocycles. The smallest absolute Gasteiger partial charge is 0.319 e. The second-order valence-corrected chi connectivity index (χ2v) is 7.33. The van der Waals surface area contributed by atoms with Crippen molar-refractivity contribution >= 4 is 46.0 Å². The number of nitrogens with one attached hydrogen (secondary N) is 2. The van der Waals surface area contributed by atoms with Gasteiger partial charge in [0.1, 0.15) is 5.82 Å². The highest BCUT2D eigenvalue weighted by atomic mass is 127. The number of hydrogen-bond donors (Lipinski definition) is 2. The molecule has 142 valence electrons. The van der Waals surface area contributed by atoms with Crippen LogP contribution in [0.5, 0.6) is 0 Å². The van der Waals surface area contributed by atoms with Gasteiger partial charge in [-0.25, -0.2) is 9.78 Å². The van der Waals surface area contributed by atoms with E-state index in [4.69, 9.17) is 0 Å². The van der Waals surface area contributed by atoms with E-state index in [1.165, 1.54) is 0 Å². The van der Waals surface area contributed by atoms with Gasteiger partial charge in [-0.3, -0.25) is 4.79 Å². The van der Waals surface area contributed by atoms with Crippen molar-refractivity contribution in [1.82, 2.24) is 15.2 Å². The normalized spacial score (nSPS) is 14.0. The molecule has 8 heteroatoms. The number of anilines is 2. The zero-order valence-electron chi connectivity index (χ0n) is 14.9. The number of nitrogens with zero attached hydrogens (tertiary/aromatic N) is 3. The Morgan fingerprint density at radius 3 is 2.48 bits per heavy atom. The molecule has 3 rings (SSSR count). The summed E-state index contributed by atoms with van der Waals surface area (Å²) in [6, 6.07) is 13.1. The number of benzene rings is 1. The molecule has 0 spiro atoms. The summed E-state index contributed by atoms with van der Waals surface area (Å²) in [5.41, 5.74) is 0.757. The quantitative estimate of drug-likeness (QED) is 0.647. The molecule has 2 aromatic rings. The second kappa shape index (κ2) is 9.54. The van der Waals surface area contributed by atoms with Crippen LogP contribution in [0.25, 0.3) is 0 Å². The molecule has 1 aromatic carbocycles. The molecule has 0 bridgehead atoms. The number of rotatable bonds is 5. The van der Waals surface area contributed by atoms with Crippen LogP contribution < -0.4 is 15.5 Å². The first kappa shape index (κ1) is 19.4. The number of carbonyl (C=O) groups is 2. The molecule has 0 radical (unpaired) electrons. The number of amides is 3. The predicted octanol–water partition coefficient (Wildman–Crippen LogP) is 2.55. The molecule has 1 aliphatic heterocycles. The molecular formula is C19H22IN5O2. The van der Waals surface area contributed by atoms with Gasteiger partial charge >= 0.3 is 6.03 Å². The van der Waals surface area contributed by atoms with E-state index in [9.17, 15) is 9.59 Å². The van der Waals surface area contributed by atoms with E-state index in [1.54, 1.807) is 6.20 Å². The molecule has 1 fully saturated rings. The third-order valence-electron chi connectivity index (χ3n) is 4.35. The van der Waals surface area contributed by atoms with Gasteiger partial charge in [0, 0.05) is 48.9 Å². The van der Waals surface area contributed by atoms with Gasteiger partial charge in [0.05, 0.1) is 5.69 Å². The first-order valence-electron chi connectivity index (χ1n) is 8.86. The van der Waals surface area contributed by atoms with Gasteiger partial charge < -0.3 is 20.4 Å². The summed E-state index contributed by atoms with van der Waals surface area (Å²) >= 11 is 2.17. The van der Waals surface area contributed by atoms with Crippen LogP contribution in [0, 0.1) is 3.57 Å². The maximum atomic E-state index is 12.4. The lowest BCUT2D eigenvalue weighted by Crippen LogP contribution is -2.49. The highest BCUT2D eigenvalue weighted by molar-refractivity contribution is 14.1. The molecule has 1 aromatic heterocycles. The van der Waals surface area contributed by atoms with E-state index >= 15 is 0 Å². The molecule has 1 saturated heterocycles. The fourth-order valence-corrected chi connectivity index (χ4v) is 3.42. The first-order valence-corrected chi connectivity index (χ1v) is 9.94. The van der Waals surface area contributed by atoms with Gasteiger partial charge in [0.25, 0.3) is 0 Å². The van der Waals surface area contributed by atoms with Crippen molar-refractivity contribution in [2.75, 3.05) is 42.9 Å². The van der Waals surface area contributed by atoms with Gasteiger partial charge in [0.2, 0.25) is 5.91 Å². The number of aromatic nitrogens is 1. The minimum Gasteiger partial charge on any atom is -0.353 e. The SMILES string of the molecule is O=C(NCCC(=O)N1CCN(c2ccccn2)CC1)Nc1ccccc1I. The van der Waals surface area contributed by atoms with Gasteiger partial charge in [-0.15, -0.1) is 0 Å². The zero-order valence-corrected chi connectivity index (χ0v) is 17.1. The van der Waals surface area contributed by atoms with Crippen molar-refractivity contribution in [2.45, 2.75) is 6.42 Å². The Morgan fingerprint density at radius 1 is 1.04 bits per heavy atom. The molecule has 7 nitrogen and oxygen atoms in total. The minimum absolute atomic E-state index is 0.0604. The van der Waals surface area contributed by atoms with Gasteiger partial charge in [-0.1, -0.05) is 18.2 Å². The van der Waals surface area contributed by atoms with Crippen LogP contribution in [0.2, 0.25) is 0 Å². The standard InChI is InChI=1S/C19H22IN5O2/c20-15-5-1-2-6-16(15)23-19(27)22-10-8-18(26)25-13-11-24(12-14-25)17-7-3-4-9-21-17/h1-7,9H,8,10-14H2,(H2,22,23,27). The van der Waals surface area contributed by atoms with Crippen molar-refractivity contribution < 1.29 is 9.59 Å². The monoisotopic (exact) mass is 479 g/mol. The van der Waals surface area contributed by atoms with E-state index in [-0.39, 0.29) is 11.9 Å². The summed E-state index contributed by atoms with van der Waals surface area (Å²) < 4.78 is 0.965. The number of carbonyl (C=O) groups excluding carboxylic acids is 2. The number of urea groups is 1. The van der Waals surface area contributed by atoms with Gasteiger partial charge in [-0.2, -0.15) is 0 Å². The topological polar surface area (TPSA) is 77.6 Å². The maximum Gasteiger partial charge on any atom is 0.319 e. The lowest BCUT2D eigenvalue weighted by Gasteiger charge is -2.35. The summed E-state index contributed by atoms with van der Waals surface area (Å²) in [6.45, 7) is 3.19. The predicted molar refractivity (Wildman–Crippen MR) is 114 cm³/mol. The molecule has 2 N–H and O–H groups in total. The van der Waals surface area contributed by atoms with E-state index in [1.807, 2.05) is 47.4 Å². The van der Waals surface area contributed by atoms with Crippen LogP contribution in [0.4, 0.5) is 16.3 Å². The third kappa shape index (κ3) is 5.56. The summed E-state index contributed by atoms with van der Waals surface area (Å²) in [4.78, 5) is 32.7. The van der Waals surface area contributed by atoms with Crippen LogP contribution in [-0.2, 0) is 4.79 Å². The number of halogens is 1. The number of hydrogen-bond acceptors (Lipinski definition) is 4. The fraction of sp³-hybridized carbons (Fsp3) is 0.316. The van der Waals surface area contributed by atoms with Crippen LogP contribution in [-0.4, -0.2) is 54.5 Å². The van der Waals surface area contributed by atoms with Crippen LogP contribution in [0.1, 0.15) is 6.42 Å². The lowest BCUT2D eigenvalue weighted by atomic mass is 10.2. The fourth-order valence-electron chi connectivity index (χ4n) is 2.90. The van der Waals surface area contributed by atoms with E-state index in [0.717, 1.165) is 28.2 Å². The second-order valence-electron chi connectivity index (χ2n) is 6.17. The molecule has 0 aliphatic carbocycles. The largest absolute Gasteiger partial charge is 0.353 e. The molecule has 0 atom stereocenters. The van der Waals surface area contributed by atoms with Crippen molar-refractivity contribution in [3.8, 4) is 0 Å². The average molecular weight is 479 g/mol. The Labute approximate surface area is 172 Å². The minimum atomic E-state index is -0.299. The van der Waals surface area contributed by atoms with Crippen molar-refractivity contribution in [2.24, 2.45) is 0 Å². The Bertz CT molecular complexity index is 779. The Balaban J connectivity index is 1.37. The molecule has 3 amide bonds. The van der Waals surface area contributed by atoms with Gasteiger partial charge in [-0.05, 0) is 46.9 Å². The Kier molecular flexibility index (Phi) is 6.86. The molecular weight excluding hydrogens is 457 g/mol. The van der Waals surface area contributed by atoms with Crippen molar-refractivity contribution in [3.63, 3.8) is 0 Å². The van der Waals surface area contributed by atoms with Gasteiger partial charge in [0.15, 0.2) is 0 Å². The molecule has 0 unspecified atom stereocenters. The average Bonchev–Trinajstić information content (AvgIpc) is 2.70. The van der Waals surface area contributed by atoms with E-state index in [2.05, 4.69) is 43.1 Å². The van der Waals surface area contributed by atoms with E-state index in [0.29, 0.717) is 26.1 Å². The first-order chi connectivity index (χ1) is 13.1. The molecule has 27 heavy (non-hydrogen) atoms. The number of para-hydroxylation sites is 1. The summed E-state index contributed by atoms with van der Waals surface area (Å²) in [6.07, 6.45) is 2.07. The lowest BCUT2D eigenvalue weighted by molar-refractivity contribution is -0.131. The highest BCUT2D eigenvalue weighted by Gasteiger charge is 2.21. The Morgan fingerprint density at radius 2 is 1.78 bits per heavy atom. The van der Waals surface area contributed by atoms with Crippen molar-refractivity contribution in [1.29, 1.82) is 0 Å². The van der Waals surface area contributed by atoms with Crippen LogP contribution in [0.3, 0.4) is 0 Å². The van der Waals surface area contributed by atoms with Crippen LogP contribution >= 0.6 is 22.6 Å². The molecule has 0 saturated carbocycles. The highest BCUT2D eigenvalue weighted by Crippen LogP contribution is 2.16. The van der Waals surface area contributed by atoms with E-state index < -0.39 is 0 Å². The molecule has 1 aliphatic rings. The van der Waals surface area contributed by atoms with Crippen LogP contribution in [0.15, 0.2) is 48.7 Å². The summed E-state index contributed by atoms with van der Waals surface area (Å²) in [5.74, 6) is 1.00. The Hall–Kier alpha value is -2.36. The third-order valence-corrected chi connectivity index (χ3v) is 5.29. The summed E-state index contributed by atoms with van der Waals surface area (Å²) in [7, 11) is 0. The number of piperazine rings is 1. The maximum absolute atomic E-state index is 12.4. The zero-order chi connectivity index (χ0) is 19.1. The van der Waals surface area contributed by atoms with Crippen molar-refractivity contribution in [3.05, 3.63) is 52.2 Å².